The lowest BCUT2D eigenvalue weighted by Gasteiger charge is -2.07. The number of carbonyl (C=O) groups excluding carboxylic acids is 1. The summed E-state index contributed by atoms with van der Waals surface area (Å²) in [5, 5.41) is 0. The third kappa shape index (κ3) is 3.10. The van der Waals surface area contributed by atoms with Crippen LogP contribution in [-0.2, 0) is 11.2 Å². The number of alkyl halides is 1. The van der Waals surface area contributed by atoms with E-state index in [1.165, 1.54) is 6.92 Å². The van der Waals surface area contributed by atoms with Crippen LogP contribution in [-0.4, -0.2) is 12.6 Å². The Morgan fingerprint density at radius 1 is 1.57 bits per heavy atom. The molecular weight excluding hydrogens is 251 g/mol. The second-order valence-electron chi connectivity index (χ2n) is 2.88. The fourth-order valence-electron chi connectivity index (χ4n) is 1.15. The van der Waals surface area contributed by atoms with Crippen molar-refractivity contribution < 1.29 is 13.9 Å². The molecule has 14 heavy (non-hydrogen) atoms. The Hall–Kier alpha value is -0.900. The van der Waals surface area contributed by atoms with Crippen LogP contribution in [0, 0.1) is 0 Å². The van der Waals surface area contributed by atoms with Gasteiger partial charge in [0.2, 0.25) is 6.86 Å². The molecular formula is C10H10BrFO2. The van der Waals surface area contributed by atoms with Crippen molar-refractivity contribution >= 4 is 21.7 Å². The smallest absolute Gasteiger partial charge is 0.228 e. The Balaban J connectivity index is 2.96. The molecule has 0 unspecified atom stereocenters. The minimum atomic E-state index is -0.882. The average molecular weight is 261 g/mol. The predicted octanol–water partition coefficient (Wildman–Crippen LogP) is 2.89. The molecule has 0 saturated heterocycles. The molecule has 0 bridgehead atoms. The molecule has 0 amide bonds. The summed E-state index contributed by atoms with van der Waals surface area (Å²) in [5.41, 5.74) is 0.699. The highest BCUT2D eigenvalue weighted by molar-refractivity contribution is 9.10. The lowest BCUT2D eigenvalue weighted by Crippen LogP contribution is -2.01. The number of halogens is 2. The third-order valence-electron chi connectivity index (χ3n) is 1.67. The van der Waals surface area contributed by atoms with Gasteiger partial charge >= 0.3 is 0 Å². The van der Waals surface area contributed by atoms with E-state index < -0.39 is 6.86 Å². The maximum absolute atomic E-state index is 12.0. The molecule has 0 aliphatic rings. The fourth-order valence-corrected chi connectivity index (χ4v) is 1.56. The van der Waals surface area contributed by atoms with Crippen LogP contribution in [0.5, 0.6) is 5.75 Å². The van der Waals surface area contributed by atoms with Gasteiger partial charge in [0.05, 0.1) is 0 Å². The molecule has 1 aromatic carbocycles. The first-order valence-corrected chi connectivity index (χ1v) is 4.89. The van der Waals surface area contributed by atoms with Crippen LogP contribution in [0.3, 0.4) is 0 Å². The van der Waals surface area contributed by atoms with Crippen molar-refractivity contribution in [3.63, 3.8) is 0 Å². The van der Waals surface area contributed by atoms with Gasteiger partial charge in [0.25, 0.3) is 0 Å². The number of hydrogen-bond donors (Lipinski definition) is 0. The third-order valence-corrected chi connectivity index (χ3v) is 2.17. The minimum absolute atomic E-state index is 0.0202. The summed E-state index contributed by atoms with van der Waals surface area (Å²) in [7, 11) is 0. The molecule has 0 N–H and O–H groups in total. The van der Waals surface area contributed by atoms with Crippen LogP contribution in [0.25, 0.3) is 0 Å². The summed E-state index contributed by atoms with van der Waals surface area (Å²) in [6, 6.07) is 5.14. The van der Waals surface area contributed by atoms with Crippen molar-refractivity contribution in [1.82, 2.24) is 0 Å². The van der Waals surface area contributed by atoms with E-state index in [0.29, 0.717) is 11.3 Å². The molecule has 76 valence electrons. The van der Waals surface area contributed by atoms with Crippen LogP contribution in [0.2, 0.25) is 0 Å². The van der Waals surface area contributed by atoms with Crippen LogP contribution >= 0.6 is 15.9 Å². The Labute approximate surface area is 90.2 Å². The molecule has 0 spiro atoms. The fraction of sp³-hybridized carbons (Fsp3) is 0.300. The highest BCUT2D eigenvalue weighted by Crippen LogP contribution is 2.23. The summed E-state index contributed by atoms with van der Waals surface area (Å²) in [4.78, 5) is 10.9. The van der Waals surface area contributed by atoms with E-state index in [2.05, 4.69) is 15.9 Å². The van der Waals surface area contributed by atoms with E-state index in [9.17, 15) is 9.18 Å². The first kappa shape index (κ1) is 11.2. The lowest BCUT2D eigenvalue weighted by atomic mass is 10.1. The second kappa shape index (κ2) is 5.10. The molecule has 0 atom stereocenters. The van der Waals surface area contributed by atoms with Gasteiger partial charge in [0.1, 0.15) is 11.5 Å². The van der Waals surface area contributed by atoms with Gasteiger partial charge in [0.15, 0.2) is 0 Å². The van der Waals surface area contributed by atoms with E-state index >= 15 is 0 Å². The number of Topliss-reactive ketones (excluding diaryl/α,β-unsaturated/α-hetero) is 1. The van der Waals surface area contributed by atoms with Crippen molar-refractivity contribution in [2.24, 2.45) is 0 Å². The van der Waals surface area contributed by atoms with Gasteiger partial charge in [-0.25, -0.2) is 4.39 Å². The van der Waals surface area contributed by atoms with E-state index in [4.69, 9.17) is 4.74 Å². The topological polar surface area (TPSA) is 26.3 Å². The zero-order valence-corrected chi connectivity index (χ0v) is 9.30. The highest BCUT2D eigenvalue weighted by Gasteiger charge is 2.06. The number of ketones is 1. The summed E-state index contributed by atoms with van der Waals surface area (Å²) < 4.78 is 17.6. The molecule has 0 aromatic heterocycles. The standard InChI is InChI=1S/C10H10BrFO2/c1-7(13)4-8-5-9(11)2-3-10(8)14-6-12/h2-3,5H,4,6H2,1H3. The number of benzene rings is 1. The molecule has 0 heterocycles. The summed E-state index contributed by atoms with van der Waals surface area (Å²) >= 11 is 3.28. The van der Waals surface area contributed by atoms with Crippen molar-refractivity contribution in [2.75, 3.05) is 6.86 Å². The van der Waals surface area contributed by atoms with Crippen LogP contribution in [0.1, 0.15) is 12.5 Å². The van der Waals surface area contributed by atoms with Crippen LogP contribution in [0.15, 0.2) is 22.7 Å². The van der Waals surface area contributed by atoms with Gasteiger partial charge in [-0.2, -0.15) is 0 Å². The van der Waals surface area contributed by atoms with Crippen molar-refractivity contribution in [3.8, 4) is 5.75 Å². The predicted molar refractivity (Wildman–Crippen MR) is 55.1 cm³/mol. The molecule has 0 aliphatic carbocycles. The zero-order chi connectivity index (χ0) is 10.6. The molecule has 0 radical (unpaired) electrons. The lowest BCUT2D eigenvalue weighted by molar-refractivity contribution is -0.116. The molecule has 0 aliphatic heterocycles. The van der Waals surface area contributed by atoms with E-state index in [0.717, 1.165) is 4.47 Å². The highest BCUT2D eigenvalue weighted by atomic mass is 79.9. The Kier molecular flexibility index (Phi) is 4.07. The van der Waals surface area contributed by atoms with E-state index in [1.54, 1.807) is 18.2 Å². The number of carbonyl (C=O) groups is 1. The maximum Gasteiger partial charge on any atom is 0.228 e. The van der Waals surface area contributed by atoms with Crippen LogP contribution < -0.4 is 4.74 Å². The zero-order valence-electron chi connectivity index (χ0n) is 7.72. The largest absolute Gasteiger partial charge is 0.463 e. The van der Waals surface area contributed by atoms with Crippen molar-refractivity contribution in [3.05, 3.63) is 28.2 Å². The monoisotopic (exact) mass is 260 g/mol. The first-order chi connectivity index (χ1) is 6.63. The normalized spacial score (nSPS) is 9.93. The van der Waals surface area contributed by atoms with E-state index in [-0.39, 0.29) is 12.2 Å². The quantitative estimate of drug-likeness (QED) is 0.833. The Morgan fingerprint density at radius 2 is 2.29 bits per heavy atom. The number of hydrogen-bond acceptors (Lipinski definition) is 2. The molecule has 4 heteroatoms. The SMILES string of the molecule is CC(=O)Cc1cc(Br)ccc1OCF. The van der Waals surface area contributed by atoms with Gasteiger partial charge in [0, 0.05) is 16.5 Å². The number of rotatable bonds is 4. The minimum Gasteiger partial charge on any atom is -0.463 e. The molecule has 0 saturated carbocycles. The number of ether oxygens (including phenoxy) is 1. The molecule has 1 rings (SSSR count). The molecule has 2 nitrogen and oxygen atoms in total. The average Bonchev–Trinajstić information content (AvgIpc) is 2.09. The van der Waals surface area contributed by atoms with Gasteiger partial charge in [-0.05, 0) is 25.1 Å². The second-order valence-corrected chi connectivity index (χ2v) is 3.80. The van der Waals surface area contributed by atoms with Gasteiger partial charge in [-0.1, -0.05) is 15.9 Å². The van der Waals surface area contributed by atoms with Gasteiger partial charge in [-0.3, -0.25) is 4.79 Å². The first-order valence-electron chi connectivity index (χ1n) is 4.10. The Bertz CT molecular complexity index is 339. The van der Waals surface area contributed by atoms with Crippen molar-refractivity contribution in [1.29, 1.82) is 0 Å². The summed E-state index contributed by atoms with van der Waals surface area (Å²) in [6.45, 7) is 0.604. The Morgan fingerprint density at radius 3 is 2.86 bits per heavy atom. The van der Waals surface area contributed by atoms with E-state index in [1.807, 2.05) is 0 Å². The van der Waals surface area contributed by atoms with Crippen molar-refractivity contribution in [2.45, 2.75) is 13.3 Å². The van der Waals surface area contributed by atoms with Gasteiger partial charge < -0.3 is 4.74 Å². The summed E-state index contributed by atoms with van der Waals surface area (Å²) in [5.74, 6) is 0.442. The van der Waals surface area contributed by atoms with Gasteiger partial charge in [-0.15, -0.1) is 0 Å². The van der Waals surface area contributed by atoms with Crippen LogP contribution in [0.4, 0.5) is 4.39 Å². The molecule has 0 fully saturated rings. The summed E-state index contributed by atoms with van der Waals surface area (Å²) in [6.07, 6.45) is 0.259. The maximum atomic E-state index is 12.0. The molecule has 1 aromatic rings.